The molecular formula is C20H20N4O3. The number of carbonyl (C=O) groups excluding carboxylic acids is 2. The number of benzene rings is 2. The number of carbonyl (C=O) groups is 2. The molecule has 1 saturated heterocycles. The number of nitrogens with zero attached hydrogens (tertiary/aromatic N) is 4. The van der Waals surface area contributed by atoms with E-state index in [-0.39, 0.29) is 5.91 Å². The molecule has 2 atom stereocenters. The summed E-state index contributed by atoms with van der Waals surface area (Å²) in [6.07, 6.45) is 0.337. The lowest BCUT2D eigenvalue weighted by atomic mass is 10.1. The van der Waals surface area contributed by atoms with E-state index < -0.39 is 18.1 Å². The smallest absolute Gasteiger partial charge is 0.338 e. The van der Waals surface area contributed by atoms with Gasteiger partial charge in [-0.3, -0.25) is 4.79 Å². The first-order chi connectivity index (χ1) is 13.2. The summed E-state index contributed by atoms with van der Waals surface area (Å²) in [5, 5.41) is 3.66. The lowest BCUT2D eigenvalue weighted by molar-refractivity contribution is -0.134. The van der Waals surface area contributed by atoms with Crippen LogP contribution in [0, 0.1) is 0 Å². The predicted octanol–water partition coefficient (Wildman–Crippen LogP) is 3.71. The van der Waals surface area contributed by atoms with E-state index in [1.54, 1.807) is 35.2 Å². The molecule has 2 aromatic carbocycles. The minimum absolute atomic E-state index is 0.319. The van der Waals surface area contributed by atoms with Gasteiger partial charge in [0.2, 0.25) is 5.91 Å². The van der Waals surface area contributed by atoms with Gasteiger partial charge in [-0.1, -0.05) is 53.6 Å². The molecule has 27 heavy (non-hydrogen) atoms. The van der Waals surface area contributed by atoms with Crippen molar-refractivity contribution in [2.24, 2.45) is 5.11 Å². The highest BCUT2D eigenvalue weighted by Gasteiger charge is 2.36. The van der Waals surface area contributed by atoms with Crippen LogP contribution in [-0.4, -0.2) is 35.5 Å². The van der Waals surface area contributed by atoms with E-state index in [4.69, 9.17) is 10.3 Å². The highest BCUT2D eigenvalue weighted by Crippen LogP contribution is 2.22. The lowest BCUT2D eigenvalue weighted by Crippen LogP contribution is -2.42. The summed E-state index contributed by atoms with van der Waals surface area (Å²) in [5.74, 6) is -0.844. The molecule has 7 heteroatoms. The van der Waals surface area contributed by atoms with E-state index in [2.05, 4.69) is 10.0 Å². The summed E-state index contributed by atoms with van der Waals surface area (Å²) >= 11 is 0. The van der Waals surface area contributed by atoms with Crippen LogP contribution in [0.2, 0.25) is 0 Å². The second-order valence-electron chi connectivity index (χ2n) is 6.35. The van der Waals surface area contributed by atoms with Crippen molar-refractivity contribution >= 4 is 11.9 Å². The molecule has 2 aromatic rings. The number of amides is 1. The molecule has 0 spiro atoms. The van der Waals surface area contributed by atoms with Crippen molar-refractivity contribution in [1.82, 2.24) is 4.90 Å². The average molecular weight is 364 g/mol. The van der Waals surface area contributed by atoms with Crippen LogP contribution < -0.4 is 0 Å². The van der Waals surface area contributed by atoms with Gasteiger partial charge in [0, 0.05) is 18.0 Å². The molecule has 138 valence electrons. The van der Waals surface area contributed by atoms with Gasteiger partial charge >= 0.3 is 5.97 Å². The van der Waals surface area contributed by atoms with E-state index >= 15 is 0 Å². The zero-order chi connectivity index (χ0) is 19.1. The fourth-order valence-corrected chi connectivity index (χ4v) is 3.14. The van der Waals surface area contributed by atoms with Crippen LogP contribution in [0.1, 0.15) is 28.8 Å². The van der Waals surface area contributed by atoms with E-state index in [1.807, 2.05) is 30.3 Å². The largest absolute Gasteiger partial charge is 0.458 e. The third kappa shape index (κ3) is 4.65. The Bertz CT molecular complexity index is 835. The molecule has 1 fully saturated rings. The number of likely N-dealkylation sites (tertiary alicyclic amines) is 1. The predicted molar refractivity (Wildman–Crippen MR) is 99.7 cm³/mol. The van der Waals surface area contributed by atoms with Crippen molar-refractivity contribution in [3.8, 4) is 0 Å². The van der Waals surface area contributed by atoms with Gasteiger partial charge in [0.25, 0.3) is 0 Å². The number of esters is 1. The lowest BCUT2D eigenvalue weighted by Gasteiger charge is -2.25. The van der Waals surface area contributed by atoms with Gasteiger partial charge in [-0.25, -0.2) is 4.79 Å². The first kappa shape index (κ1) is 18.5. The molecule has 1 aliphatic heterocycles. The Balaban J connectivity index is 1.76. The number of hydrogen-bond donors (Lipinski definition) is 0. The van der Waals surface area contributed by atoms with Gasteiger partial charge in [-0.15, -0.1) is 0 Å². The summed E-state index contributed by atoms with van der Waals surface area (Å²) in [6.45, 7) is 0.945. The normalized spacial score (nSPS) is 19.7. The van der Waals surface area contributed by atoms with Crippen LogP contribution in [0.4, 0.5) is 0 Å². The van der Waals surface area contributed by atoms with Crippen molar-refractivity contribution in [2.75, 3.05) is 6.54 Å². The number of rotatable bonds is 5. The third-order valence-corrected chi connectivity index (χ3v) is 4.49. The zero-order valence-electron chi connectivity index (χ0n) is 14.8. The summed E-state index contributed by atoms with van der Waals surface area (Å²) in [7, 11) is 0. The fourth-order valence-electron chi connectivity index (χ4n) is 3.14. The molecule has 0 aromatic heterocycles. The van der Waals surface area contributed by atoms with Gasteiger partial charge in [-0.2, -0.15) is 0 Å². The maximum absolute atomic E-state index is 12.9. The molecule has 1 amide bonds. The molecular weight excluding hydrogens is 344 g/mol. The monoisotopic (exact) mass is 364 g/mol. The summed E-state index contributed by atoms with van der Waals surface area (Å²) in [4.78, 5) is 29.8. The number of ether oxygens (including phenoxy) is 1. The van der Waals surface area contributed by atoms with Crippen molar-refractivity contribution in [3.63, 3.8) is 0 Å². The molecule has 1 heterocycles. The minimum Gasteiger partial charge on any atom is -0.458 e. The SMILES string of the molecule is [N-]=[N+]=N[C@H]1C(=O)N(Cc2ccccc2)CCC[C@@H]1OC(=O)c1ccccc1. The quantitative estimate of drug-likeness (QED) is 0.350. The molecule has 0 unspecified atom stereocenters. The van der Waals surface area contributed by atoms with Gasteiger partial charge in [0.05, 0.1) is 5.56 Å². The Kier molecular flexibility index (Phi) is 6.07. The van der Waals surface area contributed by atoms with Gasteiger partial charge in [0.15, 0.2) is 6.04 Å². The van der Waals surface area contributed by atoms with Crippen LogP contribution >= 0.6 is 0 Å². The number of hydrogen-bond acceptors (Lipinski definition) is 4. The average Bonchev–Trinajstić information content (AvgIpc) is 2.84. The zero-order valence-corrected chi connectivity index (χ0v) is 14.8. The maximum atomic E-state index is 12.9. The summed E-state index contributed by atoms with van der Waals surface area (Å²) in [6, 6.07) is 17.1. The van der Waals surface area contributed by atoms with Crippen molar-refractivity contribution in [3.05, 3.63) is 82.2 Å². The van der Waals surface area contributed by atoms with E-state index in [9.17, 15) is 9.59 Å². The van der Waals surface area contributed by atoms with Crippen LogP contribution in [0.5, 0.6) is 0 Å². The number of azide groups is 1. The Morgan fingerprint density at radius 2 is 1.81 bits per heavy atom. The fraction of sp³-hybridized carbons (Fsp3) is 0.300. The topological polar surface area (TPSA) is 95.4 Å². The Labute approximate surface area is 157 Å². The highest BCUT2D eigenvalue weighted by atomic mass is 16.5. The van der Waals surface area contributed by atoms with Crippen LogP contribution in [0.3, 0.4) is 0 Å². The van der Waals surface area contributed by atoms with Gasteiger partial charge in [-0.05, 0) is 36.1 Å². The molecule has 3 rings (SSSR count). The first-order valence-corrected chi connectivity index (χ1v) is 8.82. The molecule has 0 radical (unpaired) electrons. The summed E-state index contributed by atoms with van der Waals surface area (Å²) in [5.41, 5.74) is 10.3. The molecule has 0 bridgehead atoms. The maximum Gasteiger partial charge on any atom is 0.338 e. The van der Waals surface area contributed by atoms with Gasteiger partial charge < -0.3 is 9.64 Å². The van der Waals surface area contributed by atoms with Crippen molar-refractivity contribution in [1.29, 1.82) is 0 Å². The van der Waals surface area contributed by atoms with Crippen LogP contribution in [-0.2, 0) is 16.1 Å². The minimum atomic E-state index is -1.06. The second kappa shape index (κ2) is 8.87. The third-order valence-electron chi connectivity index (χ3n) is 4.49. The van der Waals surface area contributed by atoms with Crippen LogP contribution in [0.15, 0.2) is 65.8 Å². The van der Waals surface area contributed by atoms with Gasteiger partial charge in [0.1, 0.15) is 6.10 Å². The molecule has 0 saturated carbocycles. The van der Waals surface area contributed by atoms with Crippen LogP contribution in [0.25, 0.3) is 10.4 Å². The second-order valence-corrected chi connectivity index (χ2v) is 6.35. The molecule has 0 aliphatic carbocycles. The van der Waals surface area contributed by atoms with Crippen molar-refractivity contribution in [2.45, 2.75) is 31.5 Å². The van der Waals surface area contributed by atoms with E-state index in [0.717, 1.165) is 5.56 Å². The standard InChI is InChI=1S/C20H20N4O3/c21-23-22-18-17(27-20(26)16-10-5-2-6-11-16)12-7-13-24(19(18)25)14-15-8-3-1-4-9-15/h1-6,8-11,17-18H,7,12-14H2/t17-,18+/m0/s1. The van der Waals surface area contributed by atoms with Crippen molar-refractivity contribution < 1.29 is 14.3 Å². The Morgan fingerprint density at radius 3 is 2.48 bits per heavy atom. The first-order valence-electron chi connectivity index (χ1n) is 8.82. The molecule has 0 N–H and O–H groups in total. The Hall–Kier alpha value is -3.31. The molecule has 1 aliphatic rings. The van der Waals surface area contributed by atoms with E-state index in [1.165, 1.54) is 0 Å². The molecule has 7 nitrogen and oxygen atoms in total. The highest BCUT2D eigenvalue weighted by molar-refractivity contribution is 5.90. The Morgan fingerprint density at radius 1 is 1.15 bits per heavy atom. The summed E-state index contributed by atoms with van der Waals surface area (Å²) < 4.78 is 5.54. The van der Waals surface area contributed by atoms with E-state index in [0.29, 0.717) is 31.5 Å².